The lowest BCUT2D eigenvalue weighted by molar-refractivity contribution is -0.140. The van der Waals surface area contributed by atoms with E-state index in [4.69, 9.17) is 5.11 Å². The van der Waals surface area contributed by atoms with Crippen molar-refractivity contribution in [3.63, 3.8) is 0 Å². The maximum absolute atomic E-state index is 11.9. The minimum absolute atomic E-state index is 0.242. The molecule has 1 aromatic heterocycles. The number of hydrogen-bond donors (Lipinski definition) is 2. The van der Waals surface area contributed by atoms with Crippen molar-refractivity contribution >= 4 is 11.9 Å². The molecule has 1 amide bonds. The highest BCUT2D eigenvalue weighted by Gasteiger charge is 2.16. The second kappa shape index (κ2) is 8.41. The standard InChI is InChI=1S/C14H24N4O3/c1-4-17(5-2)9-6-8-15-13(19)12-7-10-18(16-12)11(3)14(20)21/h7,10-11H,4-6,8-9H2,1-3H3,(H,15,19)(H,20,21). The number of carbonyl (C=O) groups is 2. The quantitative estimate of drug-likeness (QED) is 0.664. The summed E-state index contributed by atoms with van der Waals surface area (Å²) >= 11 is 0. The number of aromatic nitrogens is 2. The molecule has 7 heteroatoms. The van der Waals surface area contributed by atoms with Crippen molar-refractivity contribution in [3.8, 4) is 0 Å². The van der Waals surface area contributed by atoms with Crippen molar-refractivity contribution in [2.24, 2.45) is 0 Å². The monoisotopic (exact) mass is 296 g/mol. The van der Waals surface area contributed by atoms with E-state index in [0.717, 1.165) is 26.1 Å². The Labute approximate surface area is 124 Å². The van der Waals surface area contributed by atoms with E-state index in [9.17, 15) is 9.59 Å². The Bertz CT molecular complexity index is 469. The highest BCUT2D eigenvalue weighted by Crippen LogP contribution is 2.05. The molecular weight excluding hydrogens is 272 g/mol. The molecule has 7 nitrogen and oxygen atoms in total. The maximum atomic E-state index is 11.9. The maximum Gasteiger partial charge on any atom is 0.328 e. The number of aliphatic carboxylic acids is 1. The van der Waals surface area contributed by atoms with Crippen molar-refractivity contribution in [2.75, 3.05) is 26.2 Å². The lowest BCUT2D eigenvalue weighted by atomic mass is 10.3. The zero-order valence-electron chi connectivity index (χ0n) is 12.9. The van der Waals surface area contributed by atoms with Crippen LogP contribution in [-0.4, -0.2) is 57.8 Å². The Kier molecular flexibility index (Phi) is 6.87. The number of carboxylic acids is 1. The lowest BCUT2D eigenvalue weighted by Gasteiger charge is -2.17. The third-order valence-corrected chi connectivity index (χ3v) is 3.43. The predicted octanol–water partition coefficient (Wildman–Crippen LogP) is 0.990. The Hall–Kier alpha value is -1.89. The summed E-state index contributed by atoms with van der Waals surface area (Å²) in [6.07, 6.45) is 2.38. The van der Waals surface area contributed by atoms with Crippen molar-refractivity contribution in [1.29, 1.82) is 0 Å². The summed E-state index contributed by atoms with van der Waals surface area (Å²) in [4.78, 5) is 25.0. The fourth-order valence-electron chi connectivity index (χ4n) is 1.92. The van der Waals surface area contributed by atoms with E-state index in [0.29, 0.717) is 6.54 Å². The first-order chi connectivity index (χ1) is 9.99. The van der Waals surface area contributed by atoms with Crippen molar-refractivity contribution in [2.45, 2.75) is 33.2 Å². The van der Waals surface area contributed by atoms with Crippen LogP contribution in [-0.2, 0) is 4.79 Å². The first kappa shape index (κ1) is 17.2. The highest BCUT2D eigenvalue weighted by atomic mass is 16.4. The van der Waals surface area contributed by atoms with Crippen molar-refractivity contribution < 1.29 is 14.7 Å². The summed E-state index contributed by atoms with van der Waals surface area (Å²) in [5.41, 5.74) is 0.242. The van der Waals surface area contributed by atoms with Crippen molar-refractivity contribution in [1.82, 2.24) is 20.0 Å². The van der Waals surface area contributed by atoms with E-state index in [1.165, 1.54) is 23.9 Å². The fraction of sp³-hybridized carbons (Fsp3) is 0.643. The Morgan fingerprint density at radius 3 is 2.67 bits per heavy atom. The SMILES string of the molecule is CCN(CC)CCCNC(=O)c1ccn(C(C)C(=O)O)n1. The van der Waals surface area contributed by atoms with Gasteiger partial charge in [0.15, 0.2) is 0 Å². The molecule has 21 heavy (non-hydrogen) atoms. The molecule has 0 saturated heterocycles. The van der Waals surface area contributed by atoms with E-state index >= 15 is 0 Å². The second-order valence-electron chi connectivity index (χ2n) is 4.83. The number of carboxylic acid groups (broad SMARTS) is 1. The highest BCUT2D eigenvalue weighted by molar-refractivity contribution is 5.92. The van der Waals surface area contributed by atoms with Gasteiger partial charge in [0.2, 0.25) is 0 Å². The van der Waals surface area contributed by atoms with Gasteiger partial charge in [0.25, 0.3) is 5.91 Å². The molecule has 0 fully saturated rings. The minimum Gasteiger partial charge on any atom is -0.480 e. The summed E-state index contributed by atoms with van der Waals surface area (Å²) < 4.78 is 1.27. The fourth-order valence-corrected chi connectivity index (χ4v) is 1.92. The molecule has 1 rings (SSSR count). The Morgan fingerprint density at radius 2 is 2.10 bits per heavy atom. The van der Waals surface area contributed by atoms with Crippen LogP contribution in [0.5, 0.6) is 0 Å². The number of nitrogens with zero attached hydrogens (tertiary/aromatic N) is 3. The van der Waals surface area contributed by atoms with Gasteiger partial charge in [-0.3, -0.25) is 9.48 Å². The zero-order chi connectivity index (χ0) is 15.8. The average molecular weight is 296 g/mol. The largest absolute Gasteiger partial charge is 0.480 e. The second-order valence-corrected chi connectivity index (χ2v) is 4.83. The molecule has 1 heterocycles. The van der Waals surface area contributed by atoms with Gasteiger partial charge in [-0.05, 0) is 39.0 Å². The average Bonchev–Trinajstić information content (AvgIpc) is 2.96. The lowest BCUT2D eigenvalue weighted by Crippen LogP contribution is -2.30. The topological polar surface area (TPSA) is 87.5 Å². The molecule has 0 saturated carbocycles. The molecule has 1 unspecified atom stereocenters. The molecule has 1 atom stereocenters. The van der Waals surface area contributed by atoms with E-state index < -0.39 is 12.0 Å². The molecule has 1 aromatic rings. The molecule has 2 N–H and O–H groups in total. The van der Waals surface area contributed by atoms with Gasteiger partial charge in [-0.1, -0.05) is 13.8 Å². The van der Waals surface area contributed by atoms with Gasteiger partial charge in [0, 0.05) is 12.7 Å². The van der Waals surface area contributed by atoms with E-state index in [1.807, 2.05) is 0 Å². The summed E-state index contributed by atoms with van der Waals surface area (Å²) in [7, 11) is 0. The van der Waals surface area contributed by atoms with Gasteiger partial charge in [-0.2, -0.15) is 5.10 Å². The Morgan fingerprint density at radius 1 is 1.43 bits per heavy atom. The van der Waals surface area contributed by atoms with E-state index in [2.05, 4.69) is 29.2 Å². The van der Waals surface area contributed by atoms with Crippen LogP contribution in [0.1, 0.15) is 43.7 Å². The first-order valence-electron chi connectivity index (χ1n) is 7.28. The summed E-state index contributed by atoms with van der Waals surface area (Å²) in [6, 6.07) is 0.744. The third-order valence-electron chi connectivity index (χ3n) is 3.43. The number of amides is 1. The number of carbonyl (C=O) groups excluding carboxylic acids is 1. The predicted molar refractivity (Wildman–Crippen MR) is 79.3 cm³/mol. The van der Waals surface area contributed by atoms with Crippen LogP contribution in [0.4, 0.5) is 0 Å². The van der Waals surface area contributed by atoms with E-state index in [1.54, 1.807) is 0 Å². The van der Waals surface area contributed by atoms with E-state index in [-0.39, 0.29) is 11.6 Å². The van der Waals surface area contributed by atoms with Gasteiger partial charge >= 0.3 is 5.97 Å². The molecule has 0 aromatic carbocycles. The normalized spacial score (nSPS) is 12.4. The Balaban J connectivity index is 2.41. The third kappa shape index (κ3) is 5.18. The molecule has 0 aliphatic carbocycles. The minimum atomic E-state index is -0.982. The molecule has 0 radical (unpaired) electrons. The zero-order valence-corrected chi connectivity index (χ0v) is 12.9. The smallest absolute Gasteiger partial charge is 0.328 e. The summed E-state index contributed by atoms with van der Waals surface area (Å²) in [6.45, 7) is 9.26. The summed E-state index contributed by atoms with van der Waals surface area (Å²) in [5, 5.41) is 15.7. The molecule has 118 valence electrons. The van der Waals surface area contributed by atoms with Gasteiger partial charge in [-0.15, -0.1) is 0 Å². The van der Waals surface area contributed by atoms with Gasteiger partial charge in [0.05, 0.1) is 0 Å². The van der Waals surface area contributed by atoms with Crippen LogP contribution >= 0.6 is 0 Å². The van der Waals surface area contributed by atoms with Crippen LogP contribution in [0.2, 0.25) is 0 Å². The van der Waals surface area contributed by atoms with Gasteiger partial charge in [-0.25, -0.2) is 4.79 Å². The molecule has 0 bridgehead atoms. The summed E-state index contributed by atoms with van der Waals surface area (Å²) in [5.74, 6) is -1.25. The van der Waals surface area contributed by atoms with Crippen LogP contribution in [0, 0.1) is 0 Å². The van der Waals surface area contributed by atoms with Gasteiger partial charge < -0.3 is 15.3 Å². The number of nitrogens with one attached hydrogen (secondary N) is 1. The van der Waals surface area contributed by atoms with Crippen LogP contribution in [0.25, 0.3) is 0 Å². The first-order valence-corrected chi connectivity index (χ1v) is 7.28. The van der Waals surface area contributed by atoms with Crippen LogP contribution < -0.4 is 5.32 Å². The number of hydrogen-bond acceptors (Lipinski definition) is 4. The number of rotatable bonds is 9. The van der Waals surface area contributed by atoms with Gasteiger partial charge in [0.1, 0.15) is 11.7 Å². The van der Waals surface area contributed by atoms with Crippen molar-refractivity contribution in [3.05, 3.63) is 18.0 Å². The van der Waals surface area contributed by atoms with Crippen LogP contribution in [0.3, 0.4) is 0 Å². The molecular formula is C14H24N4O3. The molecule has 0 aliphatic rings. The molecule has 0 spiro atoms. The van der Waals surface area contributed by atoms with Crippen LogP contribution in [0.15, 0.2) is 12.3 Å². The molecule has 0 aliphatic heterocycles.